The lowest BCUT2D eigenvalue weighted by Crippen LogP contribution is -2.32. The van der Waals surface area contributed by atoms with Crippen LogP contribution in [0.3, 0.4) is 0 Å². The number of benzene rings is 2. The van der Waals surface area contributed by atoms with Gasteiger partial charge in [0.1, 0.15) is 19.0 Å². The fourth-order valence-electron chi connectivity index (χ4n) is 2.34. The molecule has 2 aromatic rings. The summed E-state index contributed by atoms with van der Waals surface area (Å²) in [5, 5.41) is 6.79. The van der Waals surface area contributed by atoms with Crippen LogP contribution in [-0.4, -0.2) is 24.8 Å². The third kappa shape index (κ3) is 5.08. The van der Waals surface area contributed by atoms with Crippen LogP contribution in [0.25, 0.3) is 0 Å². The van der Waals surface area contributed by atoms with Crippen LogP contribution in [0.15, 0.2) is 53.7 Å². The molecule has 0 aliphatic carbocycles. The molecule has 0 bridgehead atoms. The molecule has 0 radical (unpaired) electrons. The Bertz CT molecular complexity index is 741. The lowest BCUT2D eigenvalue weighted by Gasteiger charge is -2.13. The SMILES string of the molecule is CCNC(=O)C(=NOCC)c1ccccc1COc1ccccc1C. The summed E-state index contributed by atoms with van der Waals surface area (Å²) in [6, 6.07) is 15.4. The van der Waals surface area contributed by atoms with Crippen molar-refractivity contribution >= 4 is 11.6 Å². The lowest BCUT2D eigenvalue weighted by atomic mass is 10.0. The quantitative estimate of drug-likeness (QED) is 0.591. The van der Waals surface area contributed by atoms with Gasteiger partial charge in [-0.05, 0) is 38.0 Å². The van der Waals surface area contributed by atoms with Crippen LogP contribution in [0.4, 0.5) is 0 Å². The van der Waals surface area contributed by atoms with Crippen LogP contribution < -0.4 is 10.1 Å². The van der Waals surface area contributed by atoms with Crippen molar-refractivity contribution in [3.05, 3.63) is 65.2 Å². The zero-order chi connectivity index (χ0) is 18.1. The number of para-hydroxylation sites is 1. The van der Waals surface area contributed by atoms with E-state index in [0.717, 1.165) is 16.9 Å². The van der Waals surface area contributed by atoms with Crippen LogP contribution in [0, 0.1) is 6.92 Å². The highest BCUT2D eigenvalue weighted by Gasteiger charge is 2.18. The zero-order valence-electron chi connectivity index (χ0n) is 14.9. The Morgan fingerprint density at radius 3 is 2.52 bits per heavy atom. The molecule has 0 spiro atoms. The van der Waals surface area contributed by atoms with Gasteiger partial charge in [0.25, 0.3) is 5.91 Å². The van der Waals surface area contributed by atoms with Crippen LogP contribution >= 0.6 is 0 Å². The predicted molar refractivity (Wildman–Crippen MR) is 98.8 cm³/mol. The van der Waals surface area contributed by atoms with Gasteiger partial charge in [-0.25, -0.2) is 0 Å². The minimum atomic E-state index is -0.265. The minimum Gasteiger partial charge on any atom is -0.489 e. The third-order valence-electron chi connectivity index (χ3n) is 3.59. The molecule has 0 unspecified atom stereocenters. The molecule has 0 aliphatic heterocycles. The number of amides is 1. The van der Waals surface area contributed by atoms with E-state index >= 15 is 0 Å². The van der Waals surface area contributed by atoms with Crippen LogP contribution in [0.5, 0.6) is 5.75 Å². The second-order valence-electron chi connectivity index (χ2n) is 5.43. The minimum absolute atomic E-state index is 0.257. The smallest absolute Gasteiger partial charge is 0.273 e. The van der Waals surface area contributed by atoms with Gasteiger partial charge in [-0.2, -0.15) is 0 Å². The Kier molecular flexibility index (Phi) is 7.01. The topological polar surface area (TPSA) is 59.9 Å². The van der Waals surface area contributed by atoms with E-state index in [4.69, 9.17) is 9.57 Å². The normalized spacial score (nSPS) is 11.1. The van der Waals surface area contributed by atoms with E-state index < -0.39 is 0 Å². The number of aryl methyl sites for hydroxylation is 1. The Hall–Kier alpha value is -2.82. The highest BCUT2D eigenvalue weighted by atomic mass is 16.6. The molecule has 0 atom stereocenters. The van der Waals surface area contributed by atoms with E-state index in [-0.39, 0.29) is 11.6 Å². The number of ether oxygens (including phenoxy) is 1. The third-order valence-corrected chi connectivity index (χ3v) is 3.59. The second-order valence-corrected chi connectivity index (χ2v) is 5.43. The molecule has 2 aromatic carbocycles. The zero-order valence-corrected chi connectivity index (χ0v) is 14.9. The molecule has 25 heavy (non-hydrogen) atoms. The van der Waals surface area contributed by atoms with Gasteiger partial charge >= 0.3 is 0 Å². The van der Waals surface area contributed by atoms with Gasteiger partial charge in [0.05, 0.1) is 0 Å². The van der Waals surface area contributed by atoms with Crippen LogP contribution in [-0.2, 0) is 16.2 Å². The largest absolute Gasteiger partial charge is 0.489 e. The van der Waals surface area contributed by atoms with Gasteiger partial charge in [0.15, 0.2) is 5.71 Å². The molecule has 2 rings (SSSR count). The number of nitrogens with one attached hydrogen (secondary N) is 1. The number of carbonyl (C=O) groups excluding carboxylic acids is 1. The van der Waals surface area contributed by atoms with E-state index in [1.165, 1.54) is 0 Å². The maximum absolute atomic E-state index is 12.4. The standard InChI is InChI=1S/C20H24N2O3/c1-4-21-20(23)19(22-25-5-2)17-12-8-7-11-16(17)14-24-18-13-9-6-10-15(18)3/h6-13H,4-5,14H2,1-3H3,(H,21,23). The fraction of sp³-hybridized carbons (Fsp3) is 0.300. The van der Waals surface area contributed by atoms with Gasteiger partial charge in [-0.3, -0.25) is 4.79 Å². The summed E-state index contributed by atoms with van der Waals surface area (Å²) in [6.45, 7) is 6.94. The van der Waals surface area contributed by atoms with Gasteiger partial charge in [-0.15, -0.1) is 0 Å². The molecule has 132 valence electrons. The molecule has 1 amide bonds. The first-order valence-electron chi connectivity index (χ1n) is 8.42. The maximum Gasteiger partial charge on any atom is 0.273 e. The van der Waals surface area contributed by atoms with Crippen molar-refractivity contribution in [1.82, 2.24) is 5.32 Å². The van der Waals surface area contributed by atoms with E-state index in [0.29, 0.717) is 25.3 Å². The molecule has 1 N–H and O–H groups in total. The first-order valence-corrected chi connectivity index (χ1v) is 8.42. The summed E-state index contributed by atoms with van der Waals surface area (Å²) in [4.78, 5) is 17.5. The summed E-state index contributed by atoms with van der Waals surface area (Å²) in [5.74, 6) is 0.554. The van der Waals surface area contributed by atoms with Gasteiger partial charge < -0.3 is 14.9 Å². The van der Waals surface area contributed by atoms with Crippen molar-refractivity contribution in [1.29, 1.82) is 0 Å². The molecular weight excluding hydrogens is 316 g/mol. The Balaban J connectivity index is 2.28. The van der Waals surface area contributed by atoms with Gasteiger partial charge in [-0.1, -0.05) is 47.6 Å². The van der Waals surface area contributed by atoms with Gasteiger partial charge in [0.2, 0.25) is 0 Å². The van der Waals surface area contributed by atoms with E-state index in [1.54, 1.807) is 0 Å². The average molecular weight is 340 g/mol. The summed E-state index contributed by atoms with van der Waals surface area (Å²) in [6.07, 6.45) is 0. The summed E-state index contributed by atoms with van der Waals surface area (Å²) in [5.41, 5.74) is 2.89. The number of nitrogens with zero attached hydrogens (tertiary/aromatic N) is 1. The summed E-state index contributed by atoms with van der Waals surface area (Å²) in [7, 11) is 0. The van der Waals surface area contributed by atoms with Crippen LogP contribution in [0.1, 0.15) is 30.5 Å². The van der Waals surface area contributed by atoms with E-state index in [2.05, 4.69) is 10.5 Å². The van der Waals surface area contributed by atoms with Crippen molar-refractivity contribution < 1.29 is 14.4 Å². The molecule has 0 fully saturated rings. The fourth-order valence-corrected chi connectivity index (χ4v) is 2.34. The first kappa shape index (κ1) is 18.5. The Morgan fingerprint density at radius 1 is 1.08 bits per heavy atom. The monoisotopic (exact) mass is 340 g/mol. The number of hydrogen-bond acceptors (Lipinski definition) is 4. The predicted octanol–water partition coefficient (Wildman–Crippen LogP) is 3.45. The highest BCUT2D eigenvalue weighted by molar-refractivity contribution is 6.45. The molecule has 0 heterocycles. The number of oxime groups is 1. The molecule has 0 aliphatic rings. The molecule has 0 saturated heterocycles. The van der Waals surface area contributed by atoms with E-state index in [9.17, 15) is 4.79 Å². The molecular formula is C20H24N2O3. The number of carbonyl (C=O) groups is 1. The second kappa shape index (κ2) is 9.47. The Labute approximate surface area is 148 Å². The van der Waals surface area contributed by atoms with Crippen molar-refractivity contribution in [2.75, 3.05) is 13.2 Å². The van der Waals surface area contributed by atoms with Crippen molar-refractivity contribution in [3.63, 3.8) is 0 Å². The maximum atomic E-state index is 12.4. The Morgan fingerprint density at radius 2 is 1.80 bits per heavy atom. The number of rotatable bonds is 8. The number of hydrogen-bond donors (Lipinski definition) is 1. The lowest BCUT2D eigenvalue weighted by molar-refractivity contribution is -0.114. The highest BCUT2D eigenvalue weighted by Crippen LogP contribution is 2.19. The summed E-state index contributed by atoms with van der Waals surface area (Å²) >= 11 is 0. The van der Waals surface area contributed by atoms with Gasteiger partial charge in [0, 0.05) is 12.1 Å². The molecule has 5 nitrogen and oxygen atoms in total. The van der Waals surface area contributed by atoms with Crippen LogP contribution in [0.2, 0.25) is 0 Å². The first-order chi connectivity index (χ1) is 12.2. The molecule has 5 heteroatoms. The van der Waals surface area contributed by atoms with Crippen molar-refractivity contribution in [3.8, 4) is 5.75 Å². The van der Waals surface area contributed by atoms with Crippen molar-refractivity contribution in [2.45, 2.75) is 27.4 Å². The molecule has 0 saturated carbocycles. The van der Waals surface area contributed by atoms with Crippen molar-refractivity contribution in [2.24, 2.45) is 5.16 Å². The number of likely N-dealkylation sites (N-methyl/N-ethyl adjacent to an activating group) is 1. The van der Waals surface area contributed by atoms with E-state index in [1.807, 2.05) is 69.3 Å². The summed E-state index contributed by atoms with van der Waals surface area (Å²) < 4.78 is 5.93. The average Bonchev–Trinajstić information content (AvgIpc) is 2.62. The molecule has 0 aromatic heterocycles.